The zero-order chi connectivity index (χ0) is 14.3. The molecule has 3 unspecified atom stereocenters. The summed E-state index contributed by atoms with van der Waals surface area (Å²) in [5.74, 6) is 0. The lowest BCUT2D eigenvalue weighted by atomic mass is 10.0. The summed E-state index contributed by atoms with van der Waals surface area (Å²) in [6.07, 6.45) is 2.50. The number of H-pyrrole nitrogens is 2. The van der Waals surface area contributed by atoms with Crippen molar-refractivity contribution in [1.82, 2.24) is 9.97 Å². The molecular formula is C14H15BrN2O3. The van der Waals surface area contributed by atoms with Gasteiger partial charge in [-0.05, 0) is 37.5 Å². The molecule has 6 heteroatoms. The molecular weight excluding hydrogens is 324 g/mol. The molecule has 0 amide bonds. The molecule has 1 aliphatic heterocycles. The fourth-order valence-corrected chi connectivity index (χ4v) is 3.24. The fraction of sp³-hybridized carbons (Fsp3) is 0.429. The van der Waals surface area contributed by atoms with Crippen molar-refractivity contribution in [1.29, 1.82) is 0 Å². The van der Waals surface area contributed by atoms with E-state index in [1.165, 1.54) is 0 Å². The van der Waals surface area contributed by atoms with Crippen molar-refractivity contribution in [2.75, 3.05) is 0 Å². The molecule has 1 fully saturated rings. The van der Waals surface area contributed by atoms with Gasteiger partial charge in [-0.3, -0.25) is 9.59 Å². The van der Waals surface area contributed by atoms with Crippen LogP contribution in [0.2, 0.25) is 0 Å². The average Bonchev–Trinajstić information content (AvgIpc) is 2.85. The maximum atomic E-state index is 11.4. The maximum Gasteiger partial charge on any atom is 0.314 e. The van der Waals surface area contributed by atoms with Gasteiger partial charge < -0.3 is 14.7 Å². The molecule has 0 aliphatic carbocycles. The number of fused-ring (bicyclic) bond motifs is 1. The summed E-state index contributed by atoms with van der Waals surface area (Å²) in [5.41, 5.74) is 1.01. The second kappa shape index (κ2) is 5.18. The largest absolute Gasteiger partial charge is 0.374 e. The van der Waals surface area contributed by atoms with E-state index < -0.39 is 11.1 Å². The fourth-order valence-electron chi connectivity index (χ4n) is 2.57. The highest BCUT2D eigenvalue weighted by molar-refractivity contribution is 9.09. The summed E-state index contributed by atoms with van der Waals surface area (Å²) in [4.78, 5) is 27.9. The SMILES string of the molecule is CC1CCC(C(Br)c2ccc3[nH]c(=O)c(=O)[nH]c3c2)O1. The van der Waals surface area contributed by atoms with Crippen molar-refractivity contribution in [2.24, 2.45) is 0 Å². The molecule has 2 heterocycles. The van der Waals surface area contributed by atoms with Gasteiger partial charge in [0.1, 0.15) is 0 Å². The maximum absolute atomic E-state index is 11.4. The molecule has 0 radical (unpaired) electrons. The standard InChI is InChI=1S/C14H15BrN2O3/c1-7-2-5-11(20-7)12(15)8-3-4-9-10(6-8)17-14(19)13(18)16-9/h3-4,6-7,11-12H,2,5H2,1H3,(H,16,18)(H,17,19). The second-order valence-electron chi connectivity index (χ2n) is 5.18. The van der Waals surface area contributed by atoms with Crippen molar-refractivity contribution >= 4 is 27.0 Å². The molecule has 1 saturated heterocycles. The van der Waals surface area contributed by atoms with Gasteiger partial charge in [0.15, 0.2) is 0 Å². The van der Waals surface area contributed by atoms with Crippen LogP contribution in [-0.2, 0) is 4.74 Å². The number of hydrogen-bond acceptors (Lipinski definition) is 3. The van der Waals surface area contributed by atoms with Crippen LogP contribution in [0.15, 0.2) is 27.8 Å². The molecule has 1 aromatic carbocycles. The lowest BCUT2D eigenvalue weighted by Crippen LogP contribution is -2.29. The van der Waals surface area contributed by atoms with E-state index in [9.17, 15) is 9.59 Å². The highest BCUT2D eigenvalue weighted by atomic mass is 79.9. The molecule has 1 aliphatic rings. The zero-order valence-electron chi connectivity index (χ0n) is 11.0. The number of nitrogens with one attached hydrogen (secondary N) is 2. The average molecular weight is 339 g/mol. The Morgan fingerprint density at radius 1 is 1.20 bits per heavy atom. The Kier molecular flexibility index (Phi) is 3.52. The van der Waals surface area contributed by atoms with Gasteiger partial charge in [0.2, 0.25) is 0 Å². The lowest BCUT2D eigenvalue weighted by molar-refractivity contribution is 0.0557. The molecule has 3 atom stereocenters. The van der Waals surface area contributed by atoms with Gasteiger partial charge in [-0.15, -0.1) is 0 Å². The van der Waals surface area contributed by atoms with Crippen molar-refractivity contribution in [3.05, 3.63) is 44.5 Å². The van der Waals surface area contributed by atoms with Crippen LogP contribution in [0.5, 0.6) is 0 Å². The molecule has 0 spiro atoms. The summed E-state index contributed by atoms with van der Waals surface area (Å²) >= 11 is 3.67. The quantitative estimate of drug-likeness (QED) is 0.651. The minimum Gasteiger partial charge on any atom is -0.374 e. The molecule has 2 N–H and O–H groups in total. The van der Waals surface area contributed by atoms with Crippen molar-refractivity contribution in [3.8, 4) is 0 Å². The van der Waals surface area contributed by atoms with Gasteiger partial charge in [-0.2, -0.15) is 0 Å². The van der Waals surface area contributed by atoms with Gasteiger partial charge >= 0.3 is 11.1 Å². The Labute approximate surface area is 123 Å². The first-order chi connectivity index (χ1) is 9.54. The van der Waals surface area contributed by atoms with E-state index in [0.29, 0.717) is 11.0 Å². The molecule has 0 bridgehead atoms. The Balaban J connectivity index is 1.98. The van der Waals surface area contributed by atoms with E-state index in [-0.39, 0.29) is 17.0 Å². The number of aromatic amines is 2. The van der Waals surface area contributed by atoms with E-state index in [1.54, 1.807) is 6.07 Å². The van der Waals surface area contributed by atoms with Crippen LogP contribution in [0.4, 0.5) is 0 Å². The molecule has 0 saturated carbocycles. The van der Waals surface area contributed by atoms with Gasteiger partial charge in [0, 0.05) is 0 Å². The monoisotopic (exact) mass is 338 g/mol. The van der Waals surface area contributed by atoms with E-state index >= 15 is 0 Å². The van der Waals surface area contributed by atoms with Gasteiger partial charge in [0.05, 0.1) is 28.1 Å². The second-order valence-corrected chi connectivity index (χ2v) is 6.16. The van der Waals surface area contributed by atoms with Crippen LogP contribution in [0.3, 0.4) is 0 Å². The van der Waals surface area contributed by atoms with Crippen molar-refractivity contribution in [3.63, 3.8) is 0 Å². The third-order valence-corrected chi connectivity index (χ3v) is 4.77. The number of halogens is 1. The molecule has 20 heavy (non-hydrogen) atoms. The molecule has 2 aromatic rings. The first-order valence-corrected chi connectivity index (χ1v) is 7.52. The van der Waals surface area contributed by atoms with E-state index in [4.69, 9.17) is 4.74 Å². The Morgan fingerprint density at radius 3 is 2.55 bits per heavy atom. The highest BCUT2D eigenvalue weighted by Gasteiger charge is 2.29. The predicted molar refractivity (Wildman–Crippen MR) is 80.4 cm³/mol. The Hall–Kier alpha value is -1.40. The summed E-state index contributed by atoms with van der Waals surface area (Å²) in [6.45, 7) is 2.07. The molecule has 106 valence electrons. The summed E-state index contributed by atoms with van der Waals surface area (Å²) in [7, 11) is 0. The zero-order valence-corrected chi connectivity index (χ0v) is 12.6. The number of benzene rings is 1. The van der Waals surface area contributed by atoms with Crippen LogP contribution in [0.25, 0.3) is 11.0 Å². The summed E-state index contributed by atoms with van der Waals surface area (Å²) in [5, 5.41) is 0. The number of alkyl halides is 1. The van der Waals surface area contributed by atoms with Crippen LogP contribution in [0, 0.1) is 0 Å². The predicted octanol–water partition coefficient (Wildman–Crippen LogP) is 2.22. The van der Waals surface area contributed by atoms with Crippen LogP contribution in [0.1, 0.15) is 30.2 Å². The molecule has 3 rings (SSSR count). The molecule has 1 aromatic heterocycles. The highest BCUT2D eigenvalue weighted by Crippen LogP contribution is 2.36. The third kappa shape index (κ3) is 2.45. The van der Waals surface area contributed by atoms with Gasteiger partial charge in [-0.25, -0.2) is 0 Å². The van der Waals surface area contributed by atoms with Gasteiger partial charge in [0.25, 0.3) is 0 Å². The normalized spacial score (nSPS) is 24.1. The number of aromatic nitrogens is 2. The van der Waals surface area contributed by atoms with Crippen LogP contribution >= 0.6 is 15.9 Å². The summed E-state index contributed by atoms with van der Waals surface area (Å²) < 4.78 is 5.86. The van der Waals surface area contributed by atoms with E-state index in [2.05, 4.69) is 32.8 Å². The molecule has 5 nitrogen and oxygen atoms in total. The van der Waals surface area contributed by atoms with Crippen molar-refractivity contribution < 1.29 is 4.74 Å². The van der Waals surface area contributed by atoms with Crippen molar-refractivity contribution in [2.45, 2.75) is 36.8 Å². The minimum atomic E-state index is -0.633. The van der Waals surface area contributed by atoms with Crippen LogP contribution in [-0.4, -0.2) is 22.2 Å². The van der Waals surface area contributed by atoms with Crippen LogP contribution < -0.4 is 11.1 Å². The summed E-state index contributed by atoms with van der Waals surface area (Å²) in [6, 6.07) is 5.61. The Morgan fingerprint density at radius 2 is 1.90 bits per heavy atom. The smallest absolute Gasteiger partial charge is 0.314 e. The minimum absolute atomic E-state index is 0.0762. The van der Waals surface area contributed by atoms with E-state index in [1.807, 2.05) is 12.1 Å². The van der Waals surface area contributed by atoms with Gasteiger partial charge in [-0.1, -0.05) is 22.0 Å². The topological polar surface area (TPSA) is 75.0 Å². The Bertz CT molecular complexity index is 752. The number of ether oxygens (including phenoxy) is 1. The number of rotatable bonds is 2. The third-order valence-electron chi connectivity index (χ3n) is 3.66. The number of hydrogen-bond donors (Lipinski definition) is 2. The first kappa shape index (κ1) is 13.6. The van der Waals surface area contributed by atoms with E-state index in [0.717, 1.165) is 18.4 Å². The first-order valence-electron chi connectivity index (χ1n) is 6.60. The lowest BCUT2D eigenvalue weighted by Gasteiger charge is -2.18.